The minimum atomic E-state index is -0.152. The van der Waals surface area contributed by atoms with Crippen LogP contribution in [-0.4, -0.2) is 13.1 Å². The predicted octanol–water partition coefficient (Wildman–Crippen LogP) is 2.94. The summed E-state index contributed by atoms with van der Waals surface area (Å²) in [5.41, 5.74) is 7.32. The Morgan fingerprint density at radius 2 is 1.88 bits per heavy atom. The molecule has 1 heterocycles. The standard InChI is InChI=1S/C14H21FN2/c1-9-7-17(8-10(9)2)14-5-4-12(11(3)16)6-13(14)15/h4-6,9-11H,7-8,16H2,1-3H3. The van der Waals surface area contributed by atoms with E-state index in [2.05, 4.69) is 18.7 Å². The maximum Gasteiger partial charge on any atom is 0.146 e. The molecule has 1 fully saturated rings. The zero-order chi connectivity index (χ0) is 12.6. The van der Waals surface area contributed by atoms with E-state index < -0.39 is 0 Å². The molecule has 1 saturated heterocycles. The average molecular weight is 236 g/mol. The molecule has 0 spiro atoms. The number of benzene rings is 1. The molecule has 0 bridgehead atoms. The van der Waals surface area contributed by atoms with Crippen LogP contribution in [0.4, 0.5) is 10.1 Å². The number of rotatable bonds is 2. The summed E-state index contributed by atoms with van der Waals surface area (Å²) in [4.78, 5) is 2.13. The highest BCUT2D eigenvalue weighted by molar-refractivity contribution is 5.50. The van der Waals surface area contributed by atoms with Crippen molar-refractivity contribution in [3.8, 4) is 0 Å². The van der Waals surface area contributed by atoms with Gasteiger partial charge >= 0.3 is 0 Å². The van der Waals surface area contributed by atoms with E-state index >= 15 is 0 Å². The van der Waals surface area contributed by atoms with Crippen LogP contribution in [0.5, 0.6) is 0 Å². The lowest BCUT2D eigenvalue weighted by Crippen LogP contribution is -2.21. The van der Waals surface area contributed by atoms with E-state index in [-0.39, 0.29) is 11.9 Å². The van der Waals surface area contributed by atoms with Gasteiger partial charge in [0.1, 0.15) is 5.82 Å². The smallest absolute Gasteiger partial charge is 0.146 e. The summed E-state index contributed by atoms with van der Waals surface area (Å²) < 4.78 is 14.0. The Balaban J connectivity index is 2.23. The number of nitrogens with two attached hydrogens (primary N) is 1. The van der Waals surface area contributed by atoms with Gasteiger partial charge in [-0.1, -0.05) is 19.9 Å². The highest BCUT2D eigenvalue weighted by Crippen LogP contribution is 2.30. The van der Waals surface area contributed by atoms with Crippen molar-refractivity contribution in [2.45, 2.75) is 26.8 Å². The van der Waals surface area contributed by atoms with Gasteiger partial charge in [0.15, 0.2) is 0 Å². The summed E-state index contributed by atoms with van der Waals surface area (Å²) in [6.07, 6.45) is 0. The highest BCUT2D eigenvalue weighted by atomic mass is 19.1. The first-order valence-electron chi connectivity index (χ1n) is 6.29. The Kier molecular flexibility index (Phi) is 3.38. The molecule has 3 heteroatoms. The van der Waals surface area contributed by atoms with Crippen molar-refractivity contribution in [1.82, 2.24) is 0 Å². The van der Waals surface area contributed by atoms with E-state index in [0.29, 0.717) is 17.5 Å². The molecular weight excluding hydrogens is 215 g/mol. The van der Waals surface area contributed by atoms with E-state index in [0.717, 1.165) is 18.7 Å². The lowest BCUT2D eigenvalue weighted by molar-refractivity contribution is 0.494. The van der Waals surface area contributed by atoms with Gasteiger partial charge in [-0.25, -0.2) is 4.39 Å². The third-order valence-electron chi connectivity index (χ3n) is 3.83. The Labute approximate surface area is 103 Å². The van der Waals surface area contributed by atoms with Crippen molar-refractivity contribution in [2.75, 3.05) is 18.0 Å². The second-order valence-electron chi connectivity index (χ2n) is 5.36. The minimum absolute atomic E-state index is 0.116. The molecule has 3 unspecified atom stereocenters. The van der Waals surface area contributed by atoms with Crippen LogP contribution in [0.3, 0.4) is 0 Å². The molecule has 2 nitrogen and oxygen atoms in total. The molecular formula is C14H21FN2. The third kappa shape index (κ3) is 2.44. The van der Waals surface area contributed by atoms with Gasteiger partial charge in [-0.2, -0.15) is 0 Å². The fourth-order valence-corrected chi connectivity index (χ4v) is 2.39. The van der Waals surface area contributed by atoms with E-state index in [1.807, 2.05) is 19.1 Å². The summed E-state index contributed by atoms with van der Waals surface area (Å²) in [6.45, 7) is 8.19. The van der Waals surface area contributed by atoms with E-state index in [1.165, 1.54) is 0 Å². The maximum atomic E-state index is 14.0. The van der Waals surface area contributed by atoms with Gasteiger partial charge in [-0.3, -0.25) is 0 Å². The number of hydrogen-bond acceptors (Lipinski definition) is 2. The van der Waals surface area contributed by atoms with Gasteiger partial charge < -0.3 is 10.6 Å². The van der Waals surface area contributed by atoms with Crippen molar-refractivity contribution in [1.29, 1.82) is 0 Å². The van der Waals surface area contributed by atoms with Gasteiger partial charge in [-0.05, 0) is 36.5 Å². The number of nitrogens with zero attached hydrogens (tertiary/aromatic N) is 1. The zero-order valence-electron chi connectivity index (χ0n) is 10.8. The second-order valence-corrected chi connectivity index (χ2v) is 5.36. The molecule has 0 aromatic heterocycles. The maximum absolute atomic E-state index is 14.0. The van der Waals surface area contributed by atoms with Crippen LogP contribution in [0, 0.1) is 17.7 Å². The second kappa shape index (κ2) is 4.65. The molecule has 2 N–H and O–H groups in total. The predicted molar refractivity (Wildman–Crippen MR) is 69.5 cm³/mol. The van der Waals surface area contributed by atoms with Gasteiger partial charge in [0.05, 0.1) is 5.69 Å². The quantitative estimate of drug-likeness (QED) is 0.855. The van der Waals surface area contributed by atoms with Crippen LogP contribution >= 0.6 is 0 Å². The molecule has 17 heavy (non-hydrogen) atoms. The Bertz CT molecular complexity index is 393. The van der Waals surface area contributed by atoms with Crippen molar-refractivity contribution in [2.24, 2.45) is 17.6 Å². The first-order valence-corrected chi connectivity index (χ1v) is 6.29. The summed E-state index contributed by atoms with van der Waals surface area (Å²) in [7, 11) is 0. The fraction of sp³-hybridized carbons (Fsp3) is 0.571. The summed E-state index contributed by atoms with van der Waals surface area (Å²) in [5, 5.41) is 0. The largest absolute Gasteiger partial charge is 0.369 e. The first-order chi connectivity index (χ1) is 7.99. The van der Waals surface area contributed by atoms with Crippen LogP contribution in [0.2, 0.25) is 0 Å². The van der Waals surface area contributed by atoms with Gasteiger partial charge in [0.2, 0.25) is 0 Å². The van der Waals surface area contributed by atoms with Crippen LogP contribution < -0.4 is 10.6 Å². The highest BCUT2D eigenvalue weighted by Gasteiger charge is 2.27. The van der Waals surface area contributed by atoms with Gasteiger partial charge in [0.25, 0.3) is 0 Å². The molecule has 1 aromatic carbocycles. The molecule has 1 aliphatic heterocycles. The lowest BCUT2D eigenvalue weighted by atomic mass is 10.0. The third-order valence-corrected chi connectivity index (χ3v) is 3.83. The van der Waals surface area contributed by atoms with Crippen LogP contribution in [0.15, 0.2) is 18.2 Å². The van der Waals surface area contributed by atoms with Crippen LogP contribution in [0.1, 0.15) is 32.4 Å². The summed E-state index contributed by atoms with van der Waals surface area (Å²) in [5.74, 6) is 1.10. The number of halogens is 1. The fourth-order valence-electron chi connectivity index (χ4n) is 2.39. The Morgan fingerprint density at radius 1 is 1.29 bits per heavy atom. The van der Waals surface area contributed by atoms with Crippen molar-refractivity contribution < 1.29 is 4.39 Å². The zero-order valence-corrected chi connectivity index (χ0v) is 10.8. The molecule has 1 aromatic rings. The molecule has 0 aliphatic carbocycles. The molecule has 3 atom stereocenters. The average Bonchev–Trinajstić information content (AvgIpc) is 2.58. The SMILES string of the molecule is CC(N)c1ccc(N2CC(C)C(C)C2)c(F)c1. The lowest BCUT2D eigenvalue weighted by Gasteiger charge is -2.20. The molecule has 0 amide bonds. The topological polar surface area (TPSA) is 29.3 Å². The van der Waals surface area contributed by atoms with Gasteiger partial charge in [-0.15, -0.1) is 0 Å². The molecule has 0 radical (unpaired) electrons. The normalized spacial score (nSPS) is 26.3. The summed E-state index contributed by atoms with van der Waals surface area (Å²) >= 11 is 0. The summed E-state index contributed by atoms with van der Waals surface area (Å²) in [6, 6.07) is 5.23. The molecule has 2 rings (SSSR count). The van der Waals surface area contributed by atoms with E-state index in [1.54, 1.807) is 6.07 Å². The Hall–Kier alpha value is -1.09. The number of hydrogen-bond donors (Lipinski definition) is 1. The van der Waals surface area contributed by atoms with Crippen LogP contribution in [-0.2, 0) is 0 Å². The monoisotopic (exact) mass is 236 g/mol. The van der Waals surface area contributed by atoms with Crippen molar-refractivity contribution >= 4 is 5.69 Å². The molecule has 1 aliphatic rings. The number of anilines is 1. The molecule has 94 valence electrons. The van der Waals surface area contributed by atoms with Crippen molar-refractivity contribution in [3.05, 3.63) is 29.6 Å². The Morgan fingerprint density at radius 3 is 2.35 bits per heavy atom. The first kappa shape index (κ1) is 12.4. The van der Waals surface area contributed by atoms with E-state index in [4.69, 9.17) is 5.73 Å². The van der Waals surface area contributed by atoms with E-state index in [9.17, 15) is 4.39 Å². The molecule has 0 saturated carbocycles. The van der Waals surface area contributed by atoms with Gasteiger partial charge in [0, 0.05) is 19.1 Å². The minimum Gasteiger partial charge on any atom is -0.369 e. The van der Waals surface area contributed by atoms with Crippen LogP contribution in [0.25, 0.3) is 0 Å². The van der Waals surface area contributed by atoms with Crippen molar-refractivity contribution in [3.63, 3.8) is 0 Å².